The molecule has 0 saturated carbocycles. The highest BCUT2D eigenvalue weighted by atomic mass is 32.2. The van der Waals surface area contributed by atoms with Gasteiger partial charge in [0.25, 0.3) is 0 Å². The third-order valence-electron chi connectivity index (χ3n) is 10.2. The highest BCUT2D eigenvalue weighted by Crippen LogP contribution is 2.34. The average Bonchev–Trinajstić information content (AvgIpc) is 3.22. The van der Waals surface area contributed by atoms with Gasteiger partial charge in [-0.1, -0.05) is 169 Å². The lowest BCUT2D eigenvalue weighted by Gasteiger charge is -2.27. The summed E-state index contributed by atoms with van der Waals surface area (Å²) in [6.07, 6.45) is 0. The topological polar surface area (TPSA) is 34.1 Å². The van der Waals surface area contributed by atoms with Crippen LogP contribution in [-0.4, -0.2) is 15.1 Å². The largest absolute Gasteiger partial charge is 0.244 e. The second-order valence-corrected chi connectivity index (χ2v) is 15.2. The number of rotatable bonds is 6. The number of fused-ring (bicyclic) bond motifs is 2. The molecule has 2 nitrogen and oxygen atoms in total. The predicted molar refractivity (Wildman–Crippen MR) is 217 cm³/mol. The van der Waals surface area contributed by atoms with Crippen LogP contribution < -0.4 is 16.4 Å². The molecule has 0 aromatic heterocycles. The van der Waals surface area contributed by atoms with E-state index >= 15 is 0 Å². The molecule has 0 aliphatic carbocycles. The van der Waals surface area contributed by atoms with Crippen molar-refractivity contribution in [1.82, 2.24) is 0 Å². The summed E-state index contributed by atoms with van der Waals surface area (Å²) < 4.78 is 28.2. The summed E-state index contributed by atoms with van der Waals surface area (Å²) in [5, 5.41) is 0. The first-order valence-electron chi connectivity index (χ1n) is 17.5. The molecule has 0 amide bonds. The Bertz CT molecular complexity index is 2700. The summed E-state index contributed by atoms with van der Waals surface area (Å²) >= 11 is 0. The van der Waals surface area contributed by atoms with E-state index in [0.29, 0.717) is 9.79 Å². The lowest BCUT2D eigenvalue weighted by Crippen LogP contribution is -2.57. The van der Waals surface area contributed by atoms with Crippen LogP contribution in [0.15, 0.2) is 210 Å². The number of hydrogen-bond donors (Lipinski definition) is 0. The highest BCUT2D eigenvalue weighted by Gasteiger charge is 2.38. The summed E-state index contributed by atoms with van der Waals surface area (Å²) in [4.78, 5) is 0.756. The molecule has 0 atom stereocenters. The van der Waals surface area contributed by atoms with E-state index in [1.807, 2.05) is 60.7 Å². The number of hydrogen-bond acceptors (Lipinski definition) is 2. The number of sulfone groups is 1. The smallest absolute Gasteiger partial charge is 0.219 e. The number of benzene rings is 8. The molecule has 4 heteroatoms. The Morgan fingerprint density at radius 3 is 1.15 bits per heavy atom. The first-order chi connectivity index (χ1) is 25.5. The lowest BCUT2D eigenvalue weighted by molar-refractivity contribution is 0.597. The Kier molecular flexibility index (Phi) is 8.03. The third-order valence-corrected chi connectivity index (χ3v) is 12.0. The normalized spacial score (nSPS) is 12.9. The second kappa shape index (κ2) is 13.2. The summed E-state index contributed by atoms with van der Waals surface area (Å²) in [6, 6.07) is 68.4. The SMILES string of the molecule is O=S1(=O)c2ccccc2B(c2ccccc2)c2ccc(-c3cccc(-c4cccc(-c5cccc(-c6cccc(-c7ccccc7)c6)c5)c4)c3)cc21. The predicted octanol–water partition coefficient (Wildman–Crippen LogP) is 9.68. The molecule has 0 radical (unpaired) electrons. The van der Waals surface area contributed by atoms with Gasteiger partial charge in [0.15, 0.2) is 0 Å². The molecule has 1 aliphatic heterocycles. The lowest BCUT2D eigenvalue weighted by atomic mass is 9.36. The van der Waals surface area contributed by atoms with Gasteiger partial charge in [0, 0.05) is 0 Å². The Labute approximate surface area is 305 Å². The molecular weight excluding hydrogens is 651 g/mol. The van der Waals surface area contributed by atoms with Crippen LogP contribution in [0.5, 0.6) is 0 Å². The van der Waals surface area contributed by atoms with Crippen molar-refractivity contribution in [3.05, 3.63) is 200 Å². The zero-order valence-corrected chi connectivity index (χ0v) is 29.2. The van der Waals surface area contributed by atoms with Crippen molar-refractivity contribution >= 4 is 32.9 Å². The van der Waals surface area contributed by atoms with E-state index in [2.05, 4.69) is 133 Å². The molecule has 1 heterocycles. The maximum absolute atomic E-state index is 14.1. The van der Waals surface area contributed by atoms with Gasteiger partial charge in [-0.2, -0.15) is 0 Å². The first kappa shape index (κ1) is 31.7. The standard InChI is InChI=1S/C48H33BO2S/c50-52(51)47-26-8-7-25-45(47)49(44-23-5-2-6-24-44)46-28-27-43(33-48(46)52)42-22-12-21-41(32-42)40-20-11-19-39(31-40)38-18-10-17-37(30-38)36-16-9-15-35(29-36)34-13-3-1-4-14-34/h1-33H. The van der Waals surface area contributed by atoms with E-state index in [0.717, 1.165) is 49.8 Å². The third kappa shape index (κ3) is 5.77. The minimum atomic E-state index is -3.71. The minimum Gasteiger partial charge on any atom is -0.219 e. The van der Waals surface area contributed by atoms with Crippen molar-refractivity contribution < 1.29 is 8.42 Å². The molecule has 52 heavy (non-hydrogen) atoms. The van der Waals surface area contributed by atoms with Crippen molar-refractivity contribution in [3.8, 4) is 55.6 Å². The fourth-order valence-corrected chi connectivity index (χ4v) is 9.35. The van der Waals surface area contributed by atoms with Gasteiger partial charge in [0.2, 0.25) is 16.6 Å². The molecule has 9 rings (SSSR count). The molecule has 8 aromatic carbocycles. The molecule has 0 unspecified atom stereocenters. The Hall–Kier alpha value is -6.23. The molecular formula is C48H33BO2S. The van der Waals surface area contributed by atoms with Gasteiger partial charge in [0.05, 0.1) is 9.79 Å². The van der Waals surface area contributed by atoms with Crippen LogP contribution in [0, 0.1) is 0 Å². The van der Waals surface area contributed by atoms with Crippen LogP contribution in [0.25, 0.3) is 55.6 Å². The summed E-state index contributed by atoms with van der Waals surface area (Å²) in [6.45, 7) is -0.162. The molecule has 0 N–H and O–H groups in total. The monoisotopic (exact) mass is 684 g/mol. The van der Waals surface area contributed by atoms with Gasteiger partial charge in [-0.25, -0.2) is 8.42 Å². The maximum atomic E-state index is 14.1. The van der Waals surface area contributed by atoms with Crippen molar-refractivity contribution in [1.29, 1.82) is 0 Å². The molecule has 0 saturated heterocycles. The fourth-order valence-electron chi connectivity index (χ4n) is 7.58. The summed E-state index contributed by atoms with van der Waals surface area (Å²) in [7, 11) is -3.71. The molecule has 0 spiro atoms. The second-order valence-electron chi connectivity index (χ2n) is 13.3. The first-order valence-corrected chi connectivity index (χ1v) is 19.0. The van der Waals surface area contributed by atoms with E-state index in [4.69, 9.17) is 0 Å². The highest BCUT2D eigenvalue weighted by molar-refractivity contribution is 7.92. The summed E-state index contributed by atoms with van der Waals surface area (Å²) in [5.41, 5.74) is 13.7. The van der Waals surface area contributed by atoms with Gasteiger partial charge in [-0.15, -0.1) is 0 Å². The van der Waals surface area contributed by atoms with Gasteiger partial charge in [0.1, 0.15) is 0 Å². The van der Waals surface area contributed by atoms with Gasteiger partial charge >= 0.3 is 0 Å². The van der Waals surface area contributed by atoms with Crippen LogP contribution in [-0.2, 0) is 9.84 Å². The van der Waals surface area contributed by atoms with E-state index in [9.17, 15) is 8.42 Å². The van der Waals surface area contributed by atoms with Crippen LogP contribution in [0.3, 0.4) is 0 Å². The van der Waals surface area contributed by atoms with E-state index in [1.165, 1.54) is 22.3 Å². The molecule has 0 fully saturated rings. The van der Waals surface area contributed by atoms with Gasteiger partial charge in [-0.3, -0.25) is 0 Å². The zero-order chi connectivity index (χ0) is 35.1. The van der Waals surface area contributed by atoms with Crippen molar-refractivity contribution in [2.24, 2.45) is 0 Å². The van der Waals surface area contributed by atoms with Crippen LogP contribution in [0.2, 0.25) is 0 Å². The minimum absolute atomic E-state index is 0.162. The zero-order valence-electron chi connectivity index (χ0n) is 28.4. The van der Waals surface area contributed by atoms with E-state index in [1.54, 1.807) is 6.07 Å². The molecule has 1 aliphatic rings. The average molecular weight is 685 g/mol. The molecule has 246 valence electrons. The maximum Gasteiger partial charge on any atom is 0.244 e. The Balaban J connectivity index is 1.06. The quantitative estimate of drug-likeness (QED) is 0.164. The van der Waals surface area contributed by atoms with Crippen molar-refractivity contribution in [2.45, 2.75) is 9.79 Å². The van der Waals surface area contributed by atoms with E-state index < -0.39 is 9.84 Å². The fraction of sp³-hybridized carbons (Fsp3) is 0. The van der Waals surface area contributed by atoms with Crippen molar-refractivity contribution in [2.75, 3.05) is 0 Å². The Morgan fingerprint density at radius 2 is 0.654 bits per heavy atom. The van der Waals surface area contributed by atoms with Gasteiger partial charge < -0.3 is 0 Å². The summed E-state index contributed by atoms with van der Waals surface area (Å²) in [5.74, 6) is 0. The Morgan fingerprint density at radius 1 is 0.288 bits per heavy atom. The molecule has 0 bridgehead atoms. The van der Waals surface area contributed by atoms with E-state index in [-0.39, 0.29) is 6.71 Å². The van der Waals surface area contributed by atoms with Crippen LogP contribution in [0.4, 0.5) is 0 Å². The van der Waals surface area contributed by atoms with Crippen LogP contribution in [0.1, 0.15) is 0 Å². The molecule has 8 aromatic rings. The van der Waals surface area contributed by atoms with Crippen molar-refractivity contribution in [3.63, 3.8) is 0 Å². The van der Waals surface area contributed by atoms with Crippen LogP contribution >= 0.6 is 0 Å². The van der Waals surface area contributed by atoms with Gasteiger partial charge in [-0.05, 0) is 103 Å².